The van der Waals surface area contributed by atoms with Crippen LogP contribution in [-0.4, -0.2) is 62.4 Å². The molecule has 0 radical (unpaired) electrons. The smallest absolute Gasteiger partial charge is 0.411 e. The molecular weight excluding hydrogens is 413 g/mol. The minimum atomic E-state index is -3.97. The van der Waals surface area contributed by atoms with Gasteiger partial charge >= 0.3 is 6.09 Å². The van der Waals surface area contributed by atoms with Gasteiger partial charge in [-0.1, -0.05) is 18.2 Å². The summed E-state index contributed by atoms with van der Waals surface area (Å²) in [7, 11) is -3.97. The molecule has 1 fully saturated rings. The van der Waals surface area contributed by atoms with Gasteiger partial charge in [-0.2, -0.15) is 4.31 Å². The van der Waals surface area contributed by atoms with Gasteiger partial charge in [-0.3, -0.25) is 10.1 Å². The van der Waals surface area contributed by atoms with Gasteiger partial charge in [-0.15, -0.1) is 0 Å². The second kappa shape index (κ2) is 9.23. The molecule has 0 aliphatic carbocycles. The molecule has 160 valence electrons. The first-order valence-electron chi connectivity index (χ1n) is 9.40. The molecular formula is C20H22FN3O5S. The van der Waals surface area contributed by atoms with Gasteiger partial charge in [0, 0.05) is 37.4 Å². The van der Waals surface area contributed by atoms with Gasteiger partial charge < -0.3 is 9.64 Å². The second-order valence-electron chi connectivity index (χ2n) is 6.55. The molecule has 0 saturated carbocycles. The molecule has 1 saturated heterocycles. The number of sulfonamides is 1. The summed E-state index contributed by atoms with van der Waals surface area (Å²) in [4.78, 5) is 25.5. The summed E-state index contributed by atoms with van der Waals surface area (Å²) >= 11 is 0. The lowest BCUT2D eigenvalue weighted by Crippen LogP contribution is -2.50. The van der Waals surface area contributed by atoms with Crippen LogP contribution in [-0.2, 0) is 14.8 Å². The highest BCUT2D eigenvalue weighted by atomic mass is 32.2. The van der Waals surface area contributed by atoms with Gasteiger partial charge in [-0.25, -0.2) is 17.6 Å². The first-order valence-corrected chi connectivity index (χ1v) is 10.8. The Balaban J connectivity index is 1.66. The molecule has 1 heterocycles. The van der Waals surface area contributed by atoms with Crippen molar-refractivity contribution in [2.75, 3.05) is 38.1 Å². The maximum absolute atomic E-state index is 13.9. The zero-order valence-electron chi connectivity index (χ0n) is 16.4. The number of nitrogens with one attached hydrogen (secondary N) is 1. The fraction of sp³-hybridized carbons (Fsp3) is 0.300. The van der Waals surface area contributed by atoms with E-state index >= 15 is 0 Å². The first-order chi connectivity index (χ1) is 14.3. The Morgan fingerprint density at radius 2 is 1.77 bits per heavy atom. The molecule has 0 spiro atoms. The van der Waals surface area contributed by atoms with Gasteiger partial charge in [0.25, 0.3) is 5.91 Å². The average molecular weight is 435 g/mol. The first kappa shape index (κ1) is 21.7. The fourth-order valence-electron chi connectivity index (χ4n) is 3.12. The van der Waals surface area contributed by atoms with Crippen LogP contribution in [0.4, 0.5) is 14.9 Å². The van der Waals surface area contributed by atoms with Crippen LogP contribution in [0, 0.1) is 5.82 Å². The van der Waals surface area contributed by atoms with Crippen molar-refractivity contribution in [2.45, 2.75) is 11.8 Å². The number of halogens is 1. The molecule has 1 N–H and O–H groups in total. The van der Waals surface area contributed by atoms with Gasteiger partial charge in [0.1, 0.15) is 10.7 Å². The van der Waals surface area contributed by atoms with E-state index in [0.29, 0.717) is 11.3 Å². The average Bonchev–Trinajstić information content (AvgIpc) is 2.74. The number of ether oxygens (including phenoxy) is 1. The predicted molar refractivity (Wildman–Crippen MR) is 108 cm³/mol. The van der Waals surface area contributed by atoms with Crippen molar-refractivity contribution in [1.82, 2.24) is 9.21 Å². The second-order valence-corrected chi connectivity index (χ2v) is 8.46. The topological polar surface area (TPSA) is 96.0 Å². The third kappa shape index (κ3) is 4.77. The van der Waals surface area contributed by atoms with E-state index < -0.39 is 21.9 Å². The number of hydrogen-bond acceptors (Lipinski definition) is 5. The highest BCUT2D eigenvalue weighted by molar-refractivity contribution is 7.89. The van der Waals surface area contributed by atoms with Crippen molar-refractivity contribution < 1.29 is 27.1 Å². The quantitative estimate of drug-likeness (QED) is 0.779. The zero-order chi connectivity index (χ0) is 21.7. The summed E-state index contributed by atoms with van der Waals surface area (Å²) in [5.41, 5.74) is 0.773. The molecule has 10 heteroatoms. The van der Waals surface area contributed by atoms with E-state index in [4.69, 9.17) is 4.74 Å². The largest absolute Gasteiger partial charge is 0.450 e. The van der Waals surface area contributed by atoms with Gasteiger partial charge in [0.05, 0.1) is 6.61 Å². The molecule has 1 aliphatic heterocycles. The van der Waals surface area contributed by atoms with Crippen molar-refractivity contribution >= 4 is 27.7 Å². The molecule has 2 aromatic carbocycles. The van der Waals surface area contributed by atoms with E-state index in [9.17, 15) is 22.4 Å². The number of benzene rings is 2. The minimum absolute atomic E-state index is 0.0587. The summed E-state index contributed by atoms with van der Waals surface area (Å²) < 4.78 is 45.3. The summed E-state index contributed by atoms with van der Waals surface area (Å²) in [6.45, 7) is 2.37. The molecule has 0 bridgehead atoms. The van der Waals surface area contributed by atoms with E-state index in [-0.39, 0.29) is 43.6 Å². The van der Waals surface area contributed by atoms with Crippen LogP contribution in [0.15, 0.2) is 53.4 Å². The van der Waals surface area contributed by atoms with Gasteiger partial charge in [-0.05, 0) is 37.3 Å². The minimum Gasteiger partial charge on any atom is -0.450 e. The van der Waals surface area contributed by atoms with Crippen LogP contribution in [0.2, 0.25) is 0 Å². The highest BCUT2D eigenvalue weighted by Gasteiger charge is 2.32. The van der Waals surface area contributed by atoms with Crippen LogP contribution in [0.1, 0.15) is 17.3 Å². The summed E-state index contributed by atoms with van der Waals surface area (Å²) in [6.07, 6.45) is -0.617. The standard InChI is InChI=1S/C20H22FN3O5S/c1-2-29-20(26)22-16-7-5-6-15(14-16)19(25)23-10-12-24(13-11-23)30(27,28)18-9-4-3-8-17(18)21/h3-9,14H,2,10-13H2,1H3,(H,22,26). The number of nitrogens with zero attached hydrogens (tertiary/aromatic N) is 2. The van der Waals surface area contributed by atoms with Crippen molar-refractivity contribution in [2.24, 2.45) is 0 Å². The Labute approximate surface area is 174 Å². The lowest BCUT2D eigenvalue weighted by Gasteiger charge is -2.34. The van der Waals surface area contributed by atoms with E-state index in [1.165, 1.54) is 33.5 Å². The van der Waals surface area contributed by atoms with Crippen molar-refractivity contribution in [3.05, 3.63) is 59.9 Å². The number of rotatable bonds is 5. The van der Waals surface area contributed by atoms with Crippen LogP contribution in [0.3, 0.4) is 0 Å². The number of anilines is 1. The number of piperazine rings is 1. The lowest BCUT2D eigenvalue weighted by molar-refractivity contribution is 0.0697. The maximum Gasteiger partial charge on any atom is 0.411 e. The zero-order valence-corrected chi connectivity index (χ0v) is 17.2. The van der Waals surface area contributed by atoms with Crippen LogP contribution in [0.25, 0.3) is 0 Å². The number of carbonyl (C=O) groups excluding carboxylic acids is 2. The highest BCUT2D eigenvalue weighted by Crippen LogP contribution is 2.21. The van der Waals surface area contributed by atoms with Crippen LogP contribution < -0.4 is 5.32 Å². The van der Waals surface area contributed by atoms with E-state index in [1.807, 2.05) is 0 Å². The van der Waals surface area contributed by atoms with Crippen molar-refractivity contribution in [3.8, 4) is 0 Å². The van der Waals surface area contributed by atoms with E-state index in [2.05, 4.69) is 5.32 Å². The normalized spacial score (nSPS) is 14.9. The number of hydrogen-bond donors (Lipinski definition) is 1. The molecule has 3 rings (SSSR count). The predicted octanol–water partition coefficient (Wildman–Crippen LogP) is 2.54. The van der Waals surface area contributed by atoms with Crippen LogP contribution in [0.5, 0.6) is 0 Å². The van der Waals surface area contributed by atoms with Crippen molar-refractivity contribution in [3.63, 3.8) is 0 Å². The van der Waals surface area contributed by atoms with E-state index in [1.54, 1.807) is 25.1 Å². The molecule has 0 atom stereocenters. The molecule has 0 aromatic heterocycles. The fourth-order valence-corrected chi connectivity index (χ4v) is 4.61. The Hall–Kier alpha value is -2.98. The SMILES string of the molecule is CCOC(=O)Nc1cccc(C(=O)N2CCN(S(=O)(=O)c3ccccc3F)CC2)c1. The maximum atomic E-state index is 13.9. The molecule has 30 heavy (non-hydrogen) atoms. The monoisotopic (exact) mass is 435 g/mol. The third-order valence-electron chi connectivity index (χ3n) is 4.61. The summed E-state index contributed by atoms with van der Waals surface area (Å²) in [5.74, 6) is -1.09. The Bertz CT molecular complexity index is 1040. The molecule has 8 nitrogen and oxygen atoms in total. The molecule has 2 aromatic rings. The van der Waals surface area contributed by atoms with E-state index in [0.717, 1.165) is 6.07 Å². The lowest BCUT2D eigenvalue weighted by atomic mass is 10.1. The summed E-state index contributed by atoms with van der Waals surface area (Å²) in [6, 6.07) is 11.6. The van der Waals surface area contributed by atoms with Gasteiger partial charge in [0.2, 0.25) is 10.0 Å². The van der Waals surface area contributed by atoms with Crippen LogP contribution >= 0.6 is 0 Å². The number of amides is 2. The molecule has 2 amide bonds. The third-order valence-corrected chi connectivity index (χ3v) is 6.54. The number of carbonyl (C=O) groups is 2. The Morgan fingerprint density at radius 1 is 1.07 bits per heavy atom. The van der Waals surface area contributed by atoms with Crippen molar-refractivity contribution in [1.29, 1.82) is 0 Å². The molecule has 0 unspecified atom stereocenters. The molecule has 1 aliphatic rings. The Kier molecular flexibility index (Phi) is 6.68. The van der Waals surface area contributed by atoms with Gasteiger partial charge in [0.15, 0.2) is 0 Å². The Morgan fingerprint density at radius 3 is 2.43 bits per heavy atom. The summed E-state index contributed by atoms with van der Waals surface area (Å²) in [5, 5.41) is 2.54.